The highest BCUT2D eigenvalue weighted by molar-refractivity contribution is 5.93. The Morgan fingerprint density at radius 2 is 1.90 bits per heavy atom. The molecule has 4 aromatic rings. The molecular formula is C30H32ClN5O3. The molecule has 0 fully saturated rings. The number of likely N-dealkylation sites (N-methyl/N-ethyl adjacent to an activating group) is 1. The van der Waals surface area contributed by atoms with E-state index in [0.717, 1.165) is 39.0 Å². The SMILES string of the molecule is COc1ccc(CN2CC(=O)Nc3ncc(/C=C/C(=O)N(C)Cc4cc5ccccc5n4C)cc3C2)cc1.Cl. The number of halogens is 1. The third-order valence-electron chi connectivity index (χ3n) is 6.82. The molecule has 1 N–H and O–H groups in total. The van der Waals surface area contributed by atoms with Crippen LogP contribution in [0.4, 0.5) is 5.82 Å². The molecule has 1 aliphatic rings. The van der Waals surface area contributed by atoms with Crippen LogP contribution in [0.5, 0.6) is 5.75 Å². The summed E-state index contributed by atoms with van der Waals surface area (Å²) in [7, 11) is 5.46. The number of pyridine rings is 1. The Morgan fingerprint density at radius 1 is 1.13 bits per heavy atom. The first kappa shape index (κ1) is 27.9. The van der Waals surface area contributed by atoms with Gasteiger partial charge in [-0.2, -0.15) is 0 Å². The van der Waals surface area contributed by atoms with Crippen molar-refractivity contribution in [2.75, 3.05) is 26.0 Å². The van der Waals surface area contributed by atoms with E-state index in [0.29, 0.717) is 25.5 Å². The summed E-state index contributed by atoms with van der Waals surface area (Å²) < 4.78 is 7.35. The molecule has 2 aromatic carbocycles. The number of nitrogens with one attached hydrogen (secondary N) is 1. The highest BCUT2D eigenvalue weighted by Gasteiger charge is 2.20. The molecule has 9 heteroatoms. The van der Waals surface area contributed by atoms with Crippen molar-refractivity contribution < 1.29 is 14.3 Å². The Labute approximate surface area is 234 Å². The smallest absolute Gasteiger partial charge is 0.246 e. The van der Waals surface area contributed by atoms with Crippen LogP contribution < -0.4 is 10.1 Å². The third kappa shape index (κ3) is 6.47. The zero-order valence-corrected chi connectivity index (χ0v) is 23.1. The number of anilines is 1. The van der Waals surface area contributed by atoms with E-state index < -0.39 is 0 Å². The number of carbonyl (C=O) groups is 2. The molecule has 1 aliphatic heterocycles. The highest BCUT2D eigenvalue weighted by atomic mass is 35.5. The second-order valence-electron chi connectivity index (χ2n) is 9.60. The number of carbonyl (C=O) groups excluding carboxylic acids is 2. The Bertz CT molecular complexity index is 1510. The number of nitrogens with zero attached hydrogens (tertiary/aromatic N) is 4. The van der Waals surface area contributed by atoms with Gasteiger partial charge in [0, 0.05) is 56.2 Å². The number of benzene rings is 2. The van der Waals surface area contributed by atoms with E-state index in [1.54, 1.807) is 37.4 Å². The number of para-hydroxylation sites is 1. The summed E-state index contributed by atoms with van der Waals surface area (Å²) in [6, 6.07) is 20.1. The van der Waals surface area contributed by atoms with E-state index in [1.807, 2.05) is 49.5 Å². The first-order valence-corrected chi connectivity index (χ1v) is 12.5. The topological polar surface area (TPSA) is 79.7 Å². The number of ether oxygens (including phenoxy) is 1. The molecule has 0 atom stereocenters. The fourth-order valence-corrected chi connectivity index (χ4v) is 4.74. The number of rotatable bonds is 7. The van der Waals surface area contributed by atoms with Crippen molar-refractivity contribution in [3.63, 3.8) is 0 Å². The zero-order chi connectivity index (χ0) is 26.6. The minimum absolute atomic E-state index is 0. The number of hydrogen-bond donors (Lipinski definition) is 1. The predicted octanol–water partition coefficient (Wildman–Crippen LogP) is 4.63. The van der Waals surface area contributed by atoms with Crippen molar-refractivity contribution in [1.82, 2.24) is 19.4 Å². The molecule has 8 nitrogen and oxygen atoms in total. The molecule has 0 unspecified atom stereocenters. The van der Waals surface area contributed by atoms with Gasteiger partial charge >= 0.3 is 0 Å². The van der Waals surface area contributed by atoms with Gasteiger partial charge in [0.05, 0.1) is 20.2 Å². The second kappa shape index (κ2) is 12.1. The van der Waals surface area contributed by atoms with Crippen LogP contribution in [-0.4, -0.2) is 51.9 Å². The van der Waals surface area contributed by atoms with E-state index in [9.17, 15) is 9.59 Å². The lowest BCUT2D eigenvalue weighted by molar-refractivity contribution is -0.125. The van der Waals surface area contributed by atoms with E-state index in [-0.39, 0.29) is 30.8 Å². The summed E-state index contributed by atoms with van der Waals surface area (Å²) in [5.41, 5.74) is 5.00. The maximum Gasteiger partial charge on any atom is 0.246 e. The van der Waals surface area contributed by atoms with Crippen molar-refractivity contribution in [1.29, 1.82) is 0 Å². The number of methoxy groups -OCH3 is 1. The van der Waals surface area contributed by atoms with E-state index in [2.05, 4.69) is 38.0 Å². The van der Waals surface area contributed by atoms with Crippen LogP contribution in [0, 0.1) is 0 Å². The normalized spacial score (nSPS) is 13.5. The molecule has 2 amide bonds. The van der Waals surface area contributed by atoms with Crippen LogP contribution in [-0.2, 0) is 36.3 Å². The largest absolute Gasteiger partial charge is 0.497 e. The lowest BCUT2D eigenvalue weighted by Gasteiger charge is -2.19. The molecule has 39 heavy (non-hydrogen) atoms. The van der Waals surface area contributed by atoms with E-state index in [1.165, 1.54) is 0 Å². The predicted molar refractivity (Wildman–Crippen MR) is 156 cm³/mol. The van der Waals surface area contributed by atoms with Gasteiger partial charge in [0.1, 0.15) is 11.6 Å². The molecule has 0 aliphatic carbocycles. The van der Waals surface area contributed by atoms with Gasteiger partial charge in [-0.25, -0.2) is 4.98 Å². The summed E-state index contributed by atoms with van der Waals surface area (Å²) in [4.78, 5) is 33.6. The van der Waals surface area contributed by atoms with Crippen molar-refractivity contribution in [3.8, 4) is 5.75 Å². The zero-order valence-electron chi connectivity index (χ0n) is 22.3. The Morgan fingerprint density at radius 3 is 2.64 bits per heavy atom. The monoisotopic (exact) mass is 545 g/mol. The molecule has 0 saturated carbocycles. The average Bonchev–Trinajstić information content (AvgIpc) is 3.13. The number of hydrogen-bond acceptors (Lipinski definition) is 5. The van der Waals surface area contributed by atoms with Gasteiger partial charge < -0.3 is 19.5 Å². The lowest BCUT2D eigenvalue weighted by Crippen LogP contribution is -2.29. The summed E-state index contributed by atoms with van der Waals surface area (Å²) in [6.45, 7) is 1.95. The van der Waals surface area contributed by atoms with Crippen LogP contribution in [0.3, 0.4) is 0 Å². The molecule has 202 valence electrons. The second-order valence-corrected chi connectivity index (χ2v) is 9.60. The Balaban J connectivity index is 0.00000353. The van der Waals surface area contributed by atoms with Crippen LogP contribution in [0.15, 0.2) is 72.9 Å². The maximum absolute atomic E-state index is 12.9. The van der Waals surface area contributed by atoms with E-state index >= 15 is 0 Å². The van der Waals surface area contributed by atoms with Crippen molar-refractivity contribution in [3.05, 3.63) is 95.3 Å². The van der Waals surface area contributed by atoms with Crippen LogP contribution >= 0.6 is 12.4 Å². The van der Waals surface area contributed by atoms with Crippen LogP contribution in [0.25, 0.3) is 17.0 Å². The first-order chi connectivity index (χ1) is 18.4. The lowest BCUT2D eigenvalue weighted by atomic mass is 10.1. The van der Waals surface area contributed by atoms with Gasteiger partial charge in [0.25, 0.3) is 0 Å². The number of aryl methyl sites for hydroxylation is 1. The van der Waals surface area contributed by atoms with E-state index in [4.69, 9.17) is 4.74 Å². The summed E-state index contributed by atoms with van der Waals surface area (Å²) in [5, 5.41) is 4.05. The molecule has 0 saturated heterocycles. The van der Waals surface area contributed by atoms with Gasteiger partial charge in [0.2, 0.25) is 11.8 Å². The molecule has 0 radical (unpaired) electrons. The van der Waals surface area contributed by atoms with Crippen LogP contribution in [0.2, 0.25) is 0 Å². The fourth-order valence-electron chi connectivity index (χ4n) is 4.74. The maximum atomic E-state index is 12.9. The standard InChI is InChI=1S/C30H31N5O3.ClH/c1-33(19-25-15-23-6-4-5-7-27(23)34(25)2)29(37)13-10-22-14-24-18-35(20-28(36)32-30(24)31-16-22)17-21-8-11-26(38-3)12-9-21;/h4-16H,17-20H2,1-3H3,(H,31,32,36);1H/b13-10+;. The number of aromatic nitrogens is 2. The molecule has 5 rings (SSSR count). The highest BCUT2D eigenvalue weighted by Crippen LogP contribution is 2.23. The molecule has 0 spiro atoms. The molecule has 2 aromatic heterocycles. The van der Waals surface area contributed by atoms with Crippen molar-refractivity contribution >= 4 is 47.0 Å². The van der Waals surface area contributed by atoms with Crippen molar-refractivity contribution in [2.24, 2.45) is 7.05 Å². The molecule has 0 bridgehead atoms. The first-order valence-electron chi connectivity index (χ1n) is 12.5. The third-order valence-corrected chi connectivity index (χ3v) is 6.82. The number of fused-ring (bicyclic) bond motifs is 2. The molecule has 3 heterocycles. The molecular weight excluding hydrogens is 514 g/mol. The average molecular weight is 546 g/mol. The van der Waals surface area contributed by atoms with Gasteiger partial charge in [-0.15, -0.1) is 12.4 Å². The van der Waals surface area contributed by atoms with Gasteiger partial charge in [-0.05, 0) is 52.9 Å². The summed E-state index contributed by atoms with van der Waals surface area (Å²) >= 11 is 0. The van der Waals surface area contributed by atoms with Crippen LogP contribution in [0.1, 0.15) is 22.4 Å². The minimum atomic E-state index is -0.0989. The van der Waals surface area contributed by atoms with Crippen molar-refractivity contribution in [2.45, 2.75) is 19.6 Å². The summed E-state index contributed by atoms with van der Waals surface area (Å²) in [6.07, 6.45) is 5.01. The Hall–Kier alpha value is -4.14. The number of amides is 2. The van der Waals surface area contributed by atoms with Gasteiger partial charge in [-0.1, -0.05) is 30.3 Å². The summed E-state index contributed by atoms with van der Waals surface area (Å²) in [5.74, 6) is 1.16. The quantitative estimate of drug-likeness (QED) is 0.343. The van der Waals surface area contributed by atoms with Gasteiger partial charge in [0.15, 0.2) is 0 Å². The fraction of sp³-hybridized carbons (Fsp3) is 0.233. The minimum Gasteiger partial charge on any atom is -0.497 e. The Kier molecular flexibility index (Phi) is 8.69. The van der Waals surface area contributed by atoms with Gasteiger partial charge in [-0.3, -0.25) is 14.5 Å².